The molecule has 3 aromatic heterocycles. The first-order valence-corrected chi connectivity index (χ1v) is 11.4. The molecule has 1 aliphatic heterocycles. The molecule has 178 valence electrons. The number of fused-ring (bicyclic) bond motifs is 1. The number of ether oxygens (including phenoxy) is 1. The maximum atomic E-state index is 12.4. The molecule has 0 unspecified atom stereocenters. The lowest BCUT2D eigenvalue weighted by Crippen LogP contribution is -2.44. The Bertz CT molecular complexity index is 1220. The summed E-state index contributed by atoms with van der Waals surface area (Å²) >= 11 is 5.90. The van der Waals surface area contributed by atoms with E-state index in [1.807, 2.05) is 20.8 Å². The maximum Gasteiger partial charge on any atom is 0.410 e. The number of carboxylic acid groups (broad SMARTS) is 1. The molecule has 9 nitrogen and oxygen atoms in total. The molecule has 0 saturated carbocycles. The van der Waals surface area contributed by atoms with Gasteiger partial charge in [0.25, 0.3) is 0 Å². The van der Waals surface area contributed by atoms with Crippen molar-refractivity contribution < 1.29 is 19.4 Å². The predicted octanol–water partition coefficient (Wildman–Crippen LogP) is 4.85. The lowest BCUT2D eigenvalue weighted by molar-refractivity contribution is 0.0210. The number of amides is 1. The van der Waals surface area contributed by atoms with E-state index >= 15 is 0 Å². The Labute approximate surface area is 202 Å². The molecule has 0 aromatic carbocycles. The van der Waals surface area contributed by atoms with Crippen molar-refractivity contribution in [2.24, 2.45) is 0 Å². The first-order valence-electron chi connectivity index (χ1n) is 11.0. The summed E-state index contributed by atoms with van der Waals surface area (Å²) in [5, 5.41) is 14.2. The van der Waals surface area contributed by atoms with Gasteiger partial charge in [0.15, 0.2) is 0 Å². The number of aromatic nitrogens is 3. The van der Waals surface area contributed by atoms with E-state index in [0.29, 0.717) is 53.4 Å². The maximum absolute atomic E-state index is 12.4. The highest BCUT2D eigenvalue weighted by Gasteiger charge is 2.28. The van der Waals surface area contributed by atoms with Crippen LogP contribution in [0.25, 0.3) is 22.2 Å². The van der Waals surface area contributed by atoms with Gasteiger partial charge in [-0.15, -0.1) is 0 Å². The number of aromatic carboxylic acids is 1. The highest BCUT2D eigenvalue weighted by Crippen LogP contribution is 2.31. The van der Waals surface area contributed by atoms with Crippen LogP contribution < -0.4 is 5.32 Å². The van der Waals surface area contributed by atoms with Gasteiger partial charge in [-0.05, 0) is 51.8 Å². The van der Waals surface area contributed by atoms with Crippen molar-refractivity contribution in [1.29, 1.82) is 0 Å². The fourth-order valence-electron chi connectivity index (χ4n) is 3.83. The number of hydrogen-bond donors (Lipinski definition) is 2. The van der Waals surface area contributed by atoms with Gasteiger partial charge in [0.05, 0.1) is 23.1 Å². The minimum atomic E-state index is -1.07. The zero-order valence-corrected chi connectivity index (χ0v) is 20.0. The highest BCUT2D eigenvalue weighted by atomic mass is 35.5. The molecule has 1 amide bonds. The number of hydrogen-bond acceptors (Lipinski definition) is 7. The van der Waals surface area contributed by atoms with E-state index in [1.54, 1.807) is 35.5 Å². The van der Waals surface area contributed by atoms with Gasteiger partial charge < -0.3 is 20.1 Å². The summed E-state index contributed by atoms with van der Waals surface area (Å²) in [4.78, 5) is 38.9. The Morgan fingerprint density at radius 3 is 2.47 bits per heavy atom. The van der Waals surface area contributed by atoms with E-state index < -0.39 is 11.6 Å². The van der Waals surface area contributed by atoms with Gasteiger partial charge in [-0.25, -0.2) is 14.6 Å². The third-order valence-electron chi connectivity index (χ3n) is 5.50. The minimum absolute atomic E-state index is 0.0174. The number of halogens is 1. The fourth-order valence-corrected chi connectivity index (χ4v) is 3.95. The van der Waals surface area contributed by atoms with E-state index in [4.69, 9.17) is 16.3 Å². The van der Waals surface area contributed by atoms with E-state index in [0.717, 1.165) is 5.56 Å². The van der Waals surface area contributed by atoms with Crippen molar-refractivity contribution in [3.05, 3.63) is 47.5 Å². The summed E-state index contributed by atoms with van der Waals surface area (Å²) in [6.07, 6.45) is 5.54. The molecule has 10 heteroatoms. The van der Waals surface area contributed by atoms with Crippen LogP contribution >= 0.6 is 11.6 Å². The van der Waals surface area contributed by atoms with Gasteiger partial charge >= 0.3 is 12.1 Å². The van der Waals surface area contributed by atoms with E-state index in [-0.39, 0.29) is 17.7 Å². The van der Waals surface area contributed by atoms with E-state index in [2.05, 4.69) is 20.3 Å². The Kier molecular flexibility index (Phi) is 6.56. The SMILES string of the molecule is CC(C)(C)OC(=O)N1CCC(Nc2c(C(=O)O)cnc3cnc(-c4ccc(Cl)nc4)cc23)CC1. The van der Waals surface area contributed by atoms with Crippen LogP contribution in [0.1, 0.15) is 44.0 Å². The second kappa shape index (κ2) is 9.42. The lowest BCUT2D eigenvalue weighted by Gasteiger charge is -2.34. The van der Waals surface area contributed by atoms with Crippen molar-refractivity contribution in [2.45, 2.75) is 45.3 Å². The summed E-state index contributed by atoms with van der Waals surface area (Å²) in [6.45, 7) is 6.54. The first kappa shape index (κ1) is 23.7. The van der Waals surface area contributed by atoms with E-state index in [9.17, 15) is 14.7 Å². The zero-order chi connectivity index (χ0) is 24.5. The molecule has 1 saturated heterocycles. The fraction of sp³-hybridized carbons (Fsp3) is 0.375. The molecule has 0 aliphatic carbocycles. The van der Waals surface area contributed by atoms with Crippen molar-refractivity contribution in [2.75, 3.05) is 18.4 Å². The summed E-state index contributed by atoms with van der Waals surface area (Å²) in [7, 11) is 0. The van der Waals surface area contributed by atoms with Crippen LogP contribution in [0.2, 0.25) is 5.15 Å². The van der Waals surface area contributed by atoms with Crippen molar-refractivity contribution >= 4 is 40.3 Å². The quantitative estimate of drug-likeness (QED) is 0.505. The monoisotopic (exact) mass is 483 g/mol. The summed E-state index contributed by atoms with van der Waals surface area (Å²) in [6, 6.07) is 5.26. The summed E-state index contributed by atoms with van der Waals surface area (Å²) in [5.74, 6) is -1.07. The number of carbonyl (C=O) groups is 2. The summed E-state index contributed by atoms with van der Waals surface area (Å²) < 4.78 is 5.46. The van der Waals surface area contributed by atoms with Gasteiger partial charge in [0, 0.05) is 42.5 Å². The van der Waals surface area contributed by atoms with Crippen molar-refractivity contribution in [3.8, 4) is 11.3 Å². The Morgan fingerprint density at radius 1 is 1.12 bits per heavy atom. The molecule has 4 rings (SSSR count). The molecule has 0 bridgehead atoms. The number of piperidine rings is 1. The number of anilines is 1. The van der Waals surface area contributed by atoms with Gasteiger partial charge in [0.2, 0.25) is 0 Å². The number of nitrogens with zero attached hydrogens (tertiary/aromatic N) is 4. The molecule has 2 N–H and O–H groups in total. The number of carboxylic acids is 1. The zero-order valence-electron chi connectivity index (χ0n) is 19.2. The minimum Gasteiger partial charge on any atom is -0.478 e. The third-order valence-corrected chi connectivity index (χ3v) is 5.73. The topological polar surface area (TPSA) is 118 Å². The van der Waals surface area contributed by atoms with Gasteiger partial charge in [-0.3, -0.25) is 9.97 Å². The third kappa shape index (κ3) is 5.36. The van der Waals surface area contributed by atoms with Crippen LogP contribution in [0, 0.1) is 0 Å². The number of likely N-dealkylation sites (tertiary alicyclic amines) is 1. The Hall–Kier alpha value is -3.46. The molecule has 4 heterocycles. The molecular formula is C24H26ClN5O4. The van der Waals surface area contributed by atoms with Crippen LogP contribution in [0.15, 0.2) is 36.8 Å². The van der Waals surface area contributed by atoms with Gasteiger partial charge in [0.1, 0.15) is 16.3 Å². The molecule has 3 aromatic rings. The Morgan fingerprint density at radius 2 is 1.85 bits per heavy atom. The number of nitrogens with one attached hydrogen (secondary N) is 1. The molecule has 0 radical (unpaired) electrons. The smallest absolute Gasteiger partial charge is 0.410 e. The predicted molar refractivity (Wildman–Crippen MR) is 129 cm³/mol. The number of rotatable bonds is 4. The molecule has 0 spiro atoms. The largest absolute Gasteiger partial charge is 0.478 e. The van der Waals surface area contributed by atoms with E-state index in [1.165, 1.54) is 6.20 Å². The average molecular weight is 484 g/mol. The lowest BCUT2D eigenvalue weighted by atomic mass is 10.0. The number of carbonyl (C=O) groups excluding carboxylic acids is 1. The van der Waals surface area contributed by atoms with Crippen LogP contribution in [0.3, 0.4) is 0 Å². The van der Waals surface area contributed by atoms with Crippen molar-refractivity contribution in [3.63, 3.8) is 0 Å². The van der Waals surface area contributed by atoms with Crippen LogP contribution in [0.4, 0.5) is 10.5 Å². The molecule has 0 atom stereocenters. The summed E-state index contributed by atoms with van der Waals surface area (Å²) in [5.41, 5.74) is 1.97. The van der Waals surface area contributed by atoms with Crippen LogP contribution in [0.5, 0.6) is 0 Å². The highest BCUT2D eigenvalue weighted by molar-refractivity contribution is 6.29. The average Bonchev–Trinajstić information content (AvgIpc) is 2.78. The van der Waals surface area contributed by atoms with Crippen LogP contribution in [-0.2, 0) is 4.74 Å². The van der Waals surface area contributed by atoms with Gasteiger partial charge in [-0.2, -0.15) is 0 Å². The molecular weight excluding hydrogens is 458 g/mol. The Balaban J connectivity index is 1.60. The first-order chi connectivity index (χ1) is 16.1. The molecule has 1 aliphatic rings. The normalized spacial score (nSPS) is 14.8. The second-order valence-electron chi connectivity index (χ2n) is 9.19. The van der Waals surface area contributed by atoms with Gasteiger partial charge in [-0.1, -0.05) is 11.6 Å². The molecule has 34 heavy (non-hydrogen) atoms. The molecule has 1 fully saturated rings. The standard InChI is InChI=1S/C24H26ClN5O4/c1-24(2,3)34-23(33)30-8-6-15(7-9-30)29-21-16-10-18(14-4-5-20(25)28-11-14)27-13-19(16)26-12-17(21)22(31)32/h4-5,10-13,15H,6-9H2,1-3H3,(H,26,29)(H,31,32). The van der Waals surface area contributed by atoms with Crippen molar-refractivity contribution in [1.82, 2.24) is 19.9 Å². The van der Waals surface area contributed by atoms with Crippen LogP contribution in [-0.4, -0.2) is 61.8 Å². The number of pyridine rings is 3. The second-order valence-corrected chi connectivity index (χ2v) is 9.58.